The lowest BCUT2D eigenvalue weighted by molar-refractivity contribution is 0.0994. The van der Waals surface area contributed by atoms with Gasteiger partial charge in [-0.3, -0.25) is 14.7 Å². The zero-order valence-electron chi connectivity index (χ0n) is 12.3. The number of amides is 2. The average Bonchev–Trinajstić information content (AvgIpc) is 3.25. The minimum Gasteiger partial charge on any atom is -0.451 e. The van der Waals surface area contributed by atoms with Crippen molar-refractivity contribution in [2.45, 2.75) is 6.61 Å². The Morgan fingerprint density at radius 2 is 2.21 bits per heavy atom. The highest BCUT2D eigenvalue weighted by Gasteiger charge is 2.16. The standard InChI is InChI=1S/C15H13N5O4/c16-14(22)10-3-8(1-2-9(10)5-21)13-11(4-18-20-13)19-15(23)12-6-24-7-17-12/h1-4,6-7,21H,5H2,(H2,16,22)(H,18,20)(H,19,23). The minimum atomic E-state index is -0.662. The third-order valence-electron chi connectivity index (χ3n) is 3.37. The predicted molar refractivity (Wildman–Crippen MR) is 82.9 cm³/mol. The van der Waals surface area contributed by atoms with E-state index in [2.05, 4.69) is 20.5 Å². The maximum Gasteiger partial charge on any atom is 0.277 e. The van der Waals surface area contributed by atoms with Gasteiger partial charge in [-0.1, -0.05) is 12.1 Å². The van der Waals surface area contributed by atoms with Crippen molar-refractivity contribution in [2.24, 2.45) is 5.73 Å². The molecule has 2 heterocycles. The molecule has 2 aromatic heterocycles. The Labute approximate surface area is 135 Å². The Hall–Kier alpha value is -3.46. The maximum atomic E-state index is 12.0. The van der Waals surface area contributed by atoms with Crippen LogP contribution in [0.2, 0.25) is 0 Å². The Bertz CT molecular complexity index is 885. The van der Waals surface area contributed by atoms with E-state index in [1.54, 1.807) is 12.1 Å². The Morgan fingerprint density at radius 1 is 1.38 bits per heavy atom. The van der Waals surface area contributed by atoms with Crippen LogP contribution in [0.4, 0.5) is 5.69 Å². The summed E-state index contributed by atoms with van der Waals surface area (Å²) in [7, 11) is 0. The molecule has 3 rings (SSSR count). The first-order valence-corrected chi connectivity index (χ1v) is 6.87. The van der Waals surface area contributed by atoms with Crippen LogP contribution in [0.3, 0.4) is 0 Å². The molecule has 122 valence electrons. The highest BCUT2D eigenvalue weighted by molar-refractivity contribution is 6.04. The first-order chi connectivity index (χ1) is 11.6. The Kier molecular flexibility index (Phi) is 4.08. The number of nitrogens with zero attached hydrogens (tertiary/aromatic N) is 2. The lowest BCUT2D eigenvalue weighted by Gasteiger charge is -2.08. The number of aliphatic hydroxyl groups is 1. The molecule has 0 radical (unpaired) electrons. The van der Waals surface area contributed by atoms with Crippen molar-refractivity contribution in [3.8, 4) is 11.3 Å². The van der Waals surface area contributed by atoms with Crippen molar-refractivity contribution in [1.82, 2.24) is 15.2 Å². The molecule has 0 saturated heterocycles. The zero-order valence-corrected chi connectivity index (χ0v) is 12.3. The van der Waals surface area contributed by atoms with Crippen LogP contribution in [0.15, 0.2) is 41.5 Å². The molecule has 5 N–H and O–H groups in total. The normalized spacial score (nSPS) is 10.5. The number of oxazole rings is 1. The number of primary amides is 1. The number of carbonyl (C=O) groups excluding carboxylic acids is 2. The number of H-pyrrole nitrogens is 1. The molecule has 0 spiro atoms. The summed E-state index contributed by atoms with van der Waals surface area (Å²) in [6.45, 7) is -0.311. The smallest absolute Gasteiger partial charge is 0.277 e. The zero-order chi connectivity index (χ0) is 17.1. The average molecular weight is 327 g/mol. The predicted octanol–water partition coefficient (Wildman–Crippen LogP) is 0.908. The maximum absolute atomic E-state index is 12.0. The number of rotatable bonds is 5. The third kappa shape index (κ3) is 2.88. The van der Waals surface area contributed by atoms with E-state index >= 15 is 0 Å². The van der Waals surface area contributed by atoms with Gasteiger partial charge in [-0.25, -0.2) is 4.98 Å². The second-order valence-electron chi connectivity index (χ2n) is 4.87. The summed E-state index contributed by atoms with van der Waals surface area (Å²) in [6, 6.07) is 4.75. The van der Waals surface area contributed by atoms with Crippen molar-refractivity contribution in [2.75, 3.05) is 5.32 Å². The monoisotopic (exact) mass is 327 g/mol. The molecule has 0 aliphatic heterocycles. The van der Waals surface area contributed by atoms with Gasteiger partial charge in [0.05, 0.1) is 12.3 Å². The number of carbonyl (C=O) groups is 2. The lowest BCUT2D eigenvalue weighted by Crippen LogP contribution is -2.14. The minimum absolute atomic E-state index is 0.121. The van der Waals surface area contributed by atoms with Crippen LogP contribution in [0.5, 0.6) is 0 Å². The summed E-state index contributed by atoms with van der Waals surface area (Å²) >= 11 is 0. The van der Waals surface area contributed by atoms with E-state index in [4.69, 9.17) is 10.2 Å². The molecule has 0 saturated carbocycles. The summed E-state index contributed by atoms with van der Waals surface area (Å²) < 4.78 is 4.77. The number of nitrogens with one attached hydrogen (secondary N) is 2. The van der Waals surface area contributed by atoms with Gasteiger partial charge in [-0.2, -0.15) is 5.10 Å². The van der Waals surface area contributed by atoms with Gasteiger partial charge in [0.1, 0.15) is 12.0 Å². The van der Waals surface area contributed by atoms with Gasteiger partial charge >= 0.3 is 0 Å². The fourth-order valence-corrected chi connectivity index (χ4v) is 2.21. The Morgan fingerprint density at radius 3 is 2.88 bits per heavy atom. The molecule has 9 heteroatoms. The third-order valence-corrected chi connectivity index (χ3v) is 3.37. The second kappa shape index (κ2) is 6.34. The fraction of sp³-hybridized carbons (Fsp3) is 0.0667. The van der Waals surface area contributed by atoms with Crippen LogP contribution < -0.4 is 11.1 Å². The summed E-state index contributed by atoms with van der Waals surface area (Å²) in [5.41, 5.74) is 7.42. The topological polar surface area (TPSA) is 147 Å². The first-order valence-electron chi connectivity index (χ1n) is 6.87. The number of benzene rings is 1. The van der Waals surface area contributed by atoms with Gasteiger partial charge in [0.25, 0.3) is 5.91 Å². The molecule has 9 nitrogen and oxygen atoms in total. The van der Waals surface area contributed by atoms with Crippen LogP contribution in [0.1, 0.15) is 26.4 Å². The number of nitrogens with two attached hydrogens (primary N) is 1. The molecule has 0 fully saturated rings. The molecular formula is C15H13N5O4. The quantitative estimate of drug-likeness (QED) is 0.547. The van der Waals surface area contributed by atoms with Gasteiger partial charge < -0.3 is 20.6 Å². The molecule has 0 aliphatic rings. The van der Waals surface area contributed by atoms with Crippen molar-refractivity contribution in [3.63, 3.8) is 0 Å². The molecule has 2 amide bonds. The highest BCUT2D eigenvalue weighted by Crippen LogP contribution is 2.27. The molecule has 0 atom stereocenters. The van der Waals surface area contributed by atoms with Gasteiger partial charge in [0.2, 0.25) is 5.91 Å². The van der Waals surface area contributed by atoms with Crippen molar-refractivity contribution < 1.29 is 19.1 Å². The summed E-state index contributed by atoms with van der Waals surface area (Å²) in [6.07, 6.45) is 3.87. The Balaban J connectivity index is 1.94. The van der Waals surface area contributed by atoms with E-state index in [-0.39, 0.29) is 17.9 Å². The van der Waals surface area contributed by atoms with E-state index < -0.39 is 11.8 Å². The number of hydrogen-bond acceptors (Lipinski definition) is 6. The fourth-order valence-electron chi connectivity index (χ4n) is 2.21. The van der Waals surface area contributed by atoms with E-state index in [0.717, 1.165) is 6.39 Å². The van der Waals surface area contributed by atoms with Crippen molar-refractivity contribution in [3.05, 3.63) is 53.9 Å². The first kappa shape index (κ1) is 15.4. The molecule has 0 aliphatic carbocycles. The summed E-state index contributed by atoms with van der Waals surface area (Å²) in [5, 5.41) is 18.6. The number of aromatic nitrogens is 3. The van der Waals surface area contributed by atoms with E-state index in [0.29, 0.717) is 22.5 Å². The van der Waals surface area contributed by atoms with Gasteiger partial charge in [0, 0.05) is 17.3 Å². The van der Waals surface area contributed by atoms with Crippen LogP contribution in [-0.4, -0.2) is 32.1 Å². The molecule has 3 aromatic rings. The molecular weight excluding hydrogens is 314 g/mol. The highest BCUT2D eigenvalue weighted by atomic mass is 16.3. The lowest BCUT2D eigenvalue weighted by atomic mass is 10.0. The number of aromatic amines is 1. The number of anilines is 1. The van der Waals surface area contributed by atoms with Crippen molar-refractivity contribution >= 4 is 17.5 Å². The van der Waals surface area contributed by atoms with E-state index in [1.165, 1.54) is 18.5 Å². The summed E-state index contributed by atoms with van der Waals surface area (Å²) in [5.74, 6) is -1.13. The largest absolute Gasteiger partial charge is 0.451 e. The number of hydrogen-bond donors (Lipinski definition) is 4. The van der Waals surface area contributed by atoms with Gasteiger partial charge in [0.15, 0.2) is 12.1 Å². The van der Waals surface area contributed by atoms with Gasteiger partial charge in [-0.05, 0) is 11.6 Å². The summed E-state index contributed by atoms with van der Waals surface area (Å²) in [4.78, 5) is 27.3. The van der Waals surface area contributed by atoms with Crippen LogP contribution in [0.25, 0.3) is 11.3 Å². The molecule has 24 heavy (non-hydrogen) atoms. The van der Waals surface area contributed by atoms with Crippen LogP contribution in [0, 0.1) is 0 Å². The van der Waals surface area contributed by atoms with E-state index in [9.17, 15) is 14.7 Å². The molecule has 0 unspecified atom stereocenters. The second-order valence-corrected chi connectivity index (χ2v) is 4.87. The molecule has 0 bridgehead atoms. The van der Waals surface area contributed by atoms with Crippen LogP contribution in [-0.2, 0) is 6.61 Å². The molecule has 1 aromatic carbocycles. The SMILES string of the molecule is NC(=O)c1cc(-c2n[nH]cc2NC(=O)c2cocn2)ccc1CO. The van der Waals surface area contributed by atoms with Crippen molar-refractivity contribution in [1.29, 1.82) is 0 Å². The van der Waals surface area contributed by atoms with Gasteiger partial charge in [-0.15, -0.1) is 0 Å². The van der Waals surface area contributed by atoms with Crippen LogP contribution >= 0.6 is 0 Å². The van der Waals surface area contributed by atoms with E-state index in [1.807, 2.05) is 0 Å². The number of aliphatic hydroxyl groups excluding tert-OH is 1.